The molecule has 0 saturated carbocycles. The summed E-state index contributed by atoms with van der Waals surface area (Å²) in [6.07, 6.45) is 0.894. The molecule has 0 spiro atoms. The van der Waals surface area contributed by atoms with Gasteiger partial charge in [0.25, 0.3) is 0 Å². The van der Waals surface area contributed by atoms with Crippen LogP contribution >= 0.6 is 0 Å². The molecule has 7 nitrogen and oxygen atoms in total. The van der Waals surface area contributed by atoms with Crippen LogP contribution in [0.5, 0.6) is 0 Å². The van der Waals surface area contributed by atoms with Gasteiger partial charge >= 0.3 is 6.09 Å². The van der Waals surface area contributed by atoms with Crippen molar-refractivity contribution >= 4 is 12.0 Å². The lowest BCUT2D eigenvalue weighted by molar-refractivity contribution is -0.137. The van der Waals surface area contributed by atoms with Crippen LogP contribution in [0.3, 0.4) is 0 Å². The van der Waals surface area contributed by atoms with Gasteiger partial charge in [-0.3, -0.25) is 4.79 Å². The molecule has 2 N–H and O–H groups in total. The first kappa shape index (κ1) is 24.7. The fraction of sp³-hybridized carbons (Fsp3) is 0.905. The normalized spacial score (nSPS) is 20.0. The molecular weight excluding hydrogens is 358 g/mol. The van der Waals surface area contributed by atoms with Crippen molar-refractivity contribution in [2.24, 2.45) is 11.1 Å². The largest absolute Gasteiger partial charge is 0.444 e. The minimum Gasteiger partial charge on any atom is -0.444 e. The Morgan fingerprint density at radius 2 is 1.82 bits per heavy atom. The average Bonchev–Trinajstić information content (AvgIpc) is 2.98. The fourth-order valence-electron chi connectivity index (χ4n) is 3.48. The standard InChI is InChI=1S/C21H41N3O4/c1-9-27-15(2)13-24(18(25)17(22)12-20(3,4)5)16-10-11-23(14-16)19(26)28-21(6,7)8/h15-17H,9-14,22H2,1-8H3/t15?,16-,17+/m1/s1. The molecule has 1 fully saturated rings. The topological polar surface area (TPSA) is 85.1 Å². The van der Waals surface area contributed by atoms with Crippen molar-refractivity contribution in [2.45, 2.75) is 92.0 Å². The Balaban J connectivity index is 2.88. The van der Waals surface area contributed by atoms with Gasteiger partial charge in [-0.2, -0.15) is 0 Å². The molecular formula is C21H41N3O4. The number of carbonyl (C=O) groups excluding carboxylic acids is 2. The molecule has 1 unspecified atom stereocenters. The maximum absolute atomic E-state index is 13.2. The van der Waals surface area contributed by atoms with E-state index in [1.807, 2.05) is 39.5 Å². The lowest BCUT2D eigenvalue weighted by Gasteiger charge is -2.34. The van der Waals surface area contributed by atoms with Crippen LogP contribution in [0.4, 0.5) is 4.79 Å². The number of hydrogen-bond donors (Lipinski definition) is 1. The smallest absolute Gasteiger partial charge is 0.410 e. The zero-order valence-corrected chi connectivity index (χ0v) is 19.1. The maximum Gasteiger partial charge on any atom is 0.410 e. The summed E-state index contributed by atoms with van der Waals surface area (Å²) in [5.41, 5.74) is 5.69. The number of nitrogens with two attached hydrogens (primary N) is 1. The molecule has 164 valence electrons. The number of ether oxygens (including phenoxy) is 2. The summed E-state index contributed by atoms with van der Waals surface area (Å²) >= 11 is 0. The van der Waals surface area contributed by atoms with Crippen molar-refractivity contribution in [3.8, 4) is 0 Å². The molecule has 1 aliphatic heterocycles. The molecule has 3 atom stereocenters. The van der Waals surface area contributed by atoms with Crippen LogP contribution in [0.2, 0.25) is 0 Å². The number of nitrogens with zero attached hydrogens (tertiary/aromatic N) is 2. The predicted molar refractivity (Wildman–Crippen MR) is 111 cm³/mol. The van der Waals surface area contributed by atoms with Gasteiger partial charge in [0.15, 0.2) is 0 Å². The van der Waals surface area contributed by atoms with E-state index in [0.29, 0.717) is 39.1 Å². The molecule has 1 saturated heterocycles. The lowest BCUT2D eigenvalue weighted by Crippen LogP contribution is -2.53. The van der Waals surface area contributed by atoms with Crippen molar-refractivity contribution in [3.63, 3.8) is 0 Å². The summed E-state index contributed by atoms with van der Waals surface area (Å²) in [6.45, 7) is 17.8. The maximum atomic E-state index is 13.2. The van der Waals surface area contributed by atoms with Crippen molar-refractivity contribution in [1.29, 1.82) is 0 Å². The van der Waals surface area contributed by atoms with Crippen LogP contribution in [0.15, 0.2) is 0 Å². The van der Waals surface area contributed by atoms with E-state index in [0.717, 1.165) is 0 Å². The SMILES string of the molecule is CCOC(C)CN(C(=O)[C@@H](N)CC(C)(C)C)[C@@H]1CCN(C(=O)OC(C)(C)C)C1. The summed E-state index contributed by atoms with van der Waals surface area (Å²) < 4.78 is 11.1. The van der Waals surface area contributed by atoms with Gasteiger partial charge in [-0.05, 0) is 52.9 Å². The molecule has 0 aromatic heterocycles. The van der Waals surface area contributed by atoms with Gasteiger partial charge in [-0.1, -0.05) is 20.8 Å². The number of amides is 2. The third kappa shape index (κ3) is 8.35. The number of hydrogen-bond acceptors (Lipinski definition) is 5. The number of carbonyl (C=O) groups is 2. The second kappa shape index (κ2) is 9.92. The molecule has 28 heavy (non-hydrogen) atoms. The summed E-state index contributed by atoms with van der Waals surface area (Å²) in [5, 5.41) is 0. The van der Waals surface area contributed by atoms with Crippen molar-refractivity contribution < 1.29 is 19.1 Å². The highest BCUT2D eigenvalue weighted by Gasteiger charge is 2.37. The van der Waals surface area contributed by atoms with Gasteiger partial charge in [-0.25, -0.2) is 4.79 Å². The summed E-state index contributed by atoms with van der Waals surface area (Å²) in [4.78, 5) is 29.1. The third-order valence-corrected chi connectivity index (χ3v) is 4.59. The van der Waals surface area contributed by atoms with E-state index in [9.17, 15) is 9.59 Å². The number of rotatable bonds is 7. The molecule has 0 aliphatic carbocycles. The monoisotopic (exact) mass is 399 g/mol. The highest BCUT2D eigenvalue weighted by Crippen LogP contribution is 2.24. The quantitative estimate of drug-likeness (QED) is 0.711. The minimum absolute atomic E-state index is 0.0372. The summed E-state index contributed by atoms with van der Waals surface area (Å²) in [6, 6.07) is -0.640. The minimum atomic E-state index is -0.565. The van der Waals surface area contributed by atoms with Gasteiger partial charge < -0.3 is 25.0 Å². The van der Waals surface area contributed by atoms with Crippen LogP contribution in [0.25, 0.3) is 0 Å². The second-order valence-corrected chi connectivity index (χ2v) is 10.00. The van der Waals surface area contributed by atoms with E-state index in [4.69, 9.17) is 15.2 Å². The van der Waals surface area contributed by atoms with Crippen LogP contribution in [-0.2, 0) is 14.3 Å². The highest BCUT2D eigenvalue weighted by atomic mass is 16.6. The molecule has 0 radical (unpaired) electrons. The van der Waals surface area contributed by atoms with Crippen LogP contribution < -0.4 is 5.73 Å². The summed E-state index contributed by atoms with van der Waals surface area (Å²) in [5.74, 6) is -0.0717. The molecule has 7 heteroatoms. The van der Waals surface area contributed by atoms with E-state index in [1.54, 1.807) is 4.90 Å². The van der Waals surface area contributed by atoms with E-state index >= 15 is 0 Å². The Labute approximate surface area is 170 Å². The molecule has 1 heterocycles. The fourth-order valence-corrected chi connectivity index (χ4v) is 3.48. The summed E-state index contributed by atoms with van der Waals surface area (Å²) in [7, 11) is 0. The zero-order valence-electron chi connectivity index (χ0n) is 19.1. The average molecular weight is 400 g/mol. The Morgan fingerprint density at radius 1 is 1.21 bits per heavy atom. The van der Waals surface area contributed by atoms with E-state index in [-0.39, 0.29) is 29.6 Å². The second-order valence-electron chi connectivity index (χ2n) is 10.00. The Morgan fingerprint density at radius 3 is 2.32 bits per heavy atom. The molecule has 2 amide bonds. The van der Waals surface area contributed by atoms with Crippen molar-refractivity contribution in [1.82, 2.24) is 9.80 Å². The Bertz CT molecular complexity index is 525. The molecule has 0 bridgehead atoms. The van der Waals surface area contributed by atoms with Crippen molar-refractivity contribution in [2.75, 3.05) is 26.2 Å². The number of likely N-dealkylation sites (tertiary alicyclic amines) is 1. The van der Waals surface area contributed by atoms with E-state index in [1.165, 1.54) is 0 Å². The van der Waals surface area contributed by atoms with Crippen LogP contribution in [0.1, 0.15) is 68.2 Å². The lowest BCUT2D eigenvalue weighted by atomic mass is 9.88. The highest BCUT2D eigenvalue weighted by molar-refractivity contribution is 5.82. The first-order valence-electron chi connectivity index (χ1n) is 10.4. The first-order chi connectivity index (χ1) is 12.7. The van der Waals surface area contributed by atoms with Gasteiger partial charge in [0, 0.05) is 26.2 Å². The Kier molecular flexibility index (Phi) is 8.75. The van der Waals surface area contributed by atoms with Crippen LogP contribution in [-0.4, -0.2) is 71.8 Å². The van der Waals surface area contributed by atoms with Crippen molar-refractivity contribution in [3.05, 3.63) is 0 Å². The van der Waals surface area contributed by atoms with E-state index in [2.05, 4.69) is 20.8 Å². The molecule has 1 aliphatic rings. The van der Waals surface area contributed by atoms with E-state index < -0.39 is 11.6 Å². The molecule has 1 rings (SSSR count). The first-order valence-corrected chi connectivity index (χ1v) is 10.4. The van der Waals surface area contributed by atoms with Crippen LogP contribution in [0, 0.1) is 5.41 Å². The third-order valence-electron chi connectivity index (χ3n) is 4.59. The van der Waals surface area contributed by atoms with Gasteiger partial charge in [0.2, 0.25) is 5.91 Å². The predicted octanol–water partition coefficient (Wildman–Crippen LogP) is 3.01. The van der Waals surface area contributed by atoms with Gasteiger partial charge in [-0.15, -0.1) is 0 Å². The Hall–Kier alpha value is -1.34. The van der Waals surface area contributed by atoms with Gasteiger partial charge in [0.05, 0.1) is 18.2 Å². The molecule has 0 aromatic carbocycles. The zero-order chi connectivity index (χ0) is 21.7. The molecule has 0 aromatic rings. The van der Waals surface area contributed by atoms with Gasteiger partial charge in [0.1, 0.15) is 5.60 Å².